The summed E-state index contributed by atoms with van der Waals surface area (Å²) in [5.74, 6) is 2.33. The molecule has 1 heterocycles. The second-order valence-electron chi connectivity index (χ2n) is 7.81. The van der Waals surface area contributed by atoms with Gasteiger partial charge in [0, 0.05) is 23.9 Å². The molecule has 0 spiro atoms. The molecule has 0 bridgehead atoms. The van der Waals surface area contributed by atoms with E-state index in [9.17, 15) is 0 Å². The van der Waals surface area contributed by atoms with Gasteiger partial charge in [0.1, 0.15) is 0 Å². The molecule has 0 aliphatic heterocycles. The minimum Gasteiger partial charge on any atom is -0.339 e. The first-order valence-electron chi connectivity index (χ1n) is 9.69. The third-order valence-corrected chi connectivity index (χ3v) is 5.53. The van der Waals surface area contributed by atoms with Gasteiger partial charge in [-0.2, -0.15) is 4.98 Å². The summed E-state index contributed by atoms with van der Waals surface area (Å²) in [7, 11) is 0. The Hall–Kier alpha value is -2.20. The summed E-state index contributed by atoms with van der Waals surface area (Å²) in [6, 6.07) is 16.0. The molecule has 2 unspecified atom stereocenters. The van der Waals surface area contributed by atoms with E-state index in [0.717, 1.165) is 31.0 Å². The highest BCUT2D eigenvalue weighted by Gasteiger charge is 2.31. The molecule has 3 atom stereocenters. The lowest BCUT2D eigenvalue weighted by molar-refractivity contribution is 0.345. The number of benzene rings is 2. The highest BCUT2D eigenvalue weighted by atomic mass is 16.5. The largest absolute Gasteiger partial charge is 0.339 e. The van der Waals surface area contributed by atoms with E-state index < -0.39 is 0 Å². The topological polar surface area (TPSA) is 51.0 Å². The van der Waals surface area contributed by atoms with Crippen LogP contribution in [0.25, 0.3) is 10.8 Å². The summed E-state index contributed by atoms with van der Waals surface area (Å²) in [6.45, 7) is 6.46. The number of rotatable bonds is 5. The van der Waals surface area contributed by atoms with Gasteiger partial charge in [0.25, 0.3) is 0 Å². The highest BCUT2D eigenvalue weighted by Crippen LogP contribution is 2.35. The van der Waals surface area contributed by atoms with Crippen LogP contribution in [-0.2, 0) is 0 Å². The summed E-state index contributed by atoms with van der Waals surface area (Å²) in [4.78, 5) is 4.60. The minimum absolute atomic E-state index is 0.314. The predicted molar refractivity (Wildman–Crippen MR) is 104 cm³/mol. The fourth-order valence-corrected chi connectivity index (χ4v) is 4.08. The maximum atomic E-state index is 5.52. The average molecular weight is 349 g/mol. The lowest BCUT2D eigenvalue weighted by Crippen LogP contribution is -2.29. The number of hydrogen-bond acceptors (Lipinski definition) is 4. The molecule has 4 heteroatoms. The van der Waals surface area contributed by atoms with E-state index in [1.165, 1.54) is 16.3 Å². The molecule has 4 rings (SSSR count). The van der Waals surface area contributed by atoms with Crippen LogP contribution in [0.5, 0.6) is 0 Å². The first kappa shape index (κ1) is 17.2. The van der Waals surface area contributed by atoms with E-state index in [1.807, 2.05) is 0 Å². The molecule has 3 aromatic rings. The molecule has 1 aliphatic rings. The van der Waals surface area contributed by atoms with Crippen LogP contribution in [0.3, 0.4) is 0 Å². The second kappa shape index (κ2) is 7.20. The number of hydrogen-bond donors (Lipinski definition) is 1. The van der Waals surface area contributed by atoms with Gasteiger partial charge in [-0.25, -0.2) is 0 Å². The smallest absolute Gasteiger partial charge is 0.229 e. The van der Waals surface area contributed by atoms with Gasteiger partial charge in [-0.1, -0.05) is 61.5 Å². The molecule has 1 N–H and O–H groups in total. The Morgan fingerprint density at radius 1 is 1.04 bits per heavy atom. The summed E-state index contributed by atoms with van der Waals surface area (Å²) in [6.07, 6.45) is 3.33. The molecule has 2 aromatic carbocycles. The molecule has 1 fully saturated rings. The van der Waals surface area contributed by atoms with E-state index in [1.54, 1.807) is 0 Å². The van der Waals surface area contributed by atoms with Crippen LogP contribution in [-0.4, -0.2) is 16.2 Å². The van der Waals surface area contributed by atoms with E-state index in [2.05, 4.69) is 78.7 Å². The molecule has 4 nitrogen and oxygen atoms in total. The van der Waals surface area contributed by atoms with E-state index in [0.29, 0.717) is 23.9 Å². The van der Waals surface area contributed by atoms with Crippen LogP contribution in [0, 0.1) is 0 Å². The highest BCUT2D eigenvalue weighted by molar-refractivity contribution is 5.86. The maximum absolute atomic E-state index is 5.52. The van der Waals surface area contributed by atoms with E-state index >= 15 is 0 Å². The SMILES string of the molecule is CC(C)c1noc(C2CCC(N[C@H](C)c3cccc4ccccc34)C2)n1. The number of nitrogens with zero attached hydrogens (tertiary/aromatic N) is 2. The zero-order chi connectivity index (χ0) is 18.1. The average Bonchev–Trinajstić information content (AvgIpc) is 3.30. The molecule has 1 saturated carbocycles. The fraction of sp³-hybridized carbons (Fsp3) is 0.455. The normalized spacial score (nSPS) is 21.5. The zero-order valence-corrected chi connectivity index (χ0v) is 15.8. The lowest BCUT2D eigenvalue weighted by Gasteiger charge is -2.21. The Morgan fingerprint density at radius 3 is 2.65 bits per heavy atom. The Kier molecular flexibility index (Phi) is 4.77. The Labute approximate surface area is 155 Å². The molecular formula is C22H27N3O. The first-order valence-corrected chi connectivity index (χ1v) is 9.69. The van der Waals surface area contributed by atoms with Crippen LogP contribution >= 0.6 is 0 Å². The summed E-state index contributed by atoms with van der Waals surface area (Å²) in [5.41, 5.74) is 1.37. The Balaban J connectivity index is 1.44. The van der Waals surface area contributed by atoms with Gasteiger partial charge >= 0.3 is 0 Å². The molecule has 0 amide bonds. The van der Waals surface area contributed by atoms with Crippen molar-refractivity contribution < 1.29 is 4.52 Å². The van der Waals surface area contributed by atoms with Gasteiger partial charge in [0.2, 0.25) is 5.89 Å². The van der Waals surface area contributed by atoms with Crippen LogP contribution in [0.15, 0.2) is 47.0 Å². The molecule has 0 saturated heterocycles. The predicted octanol–water partition coefficient (Wildman–Crippen LogP) is 5.33. The van der Waals surface area contributed by atoms with Crippen molar-refractivity contribution in [3.05, 3.63) is 59.7 Å². The molecule has 26 heavy (non-hydrogen) atoms. The zero-order valence-electron chi connectivity index (χ0n) is 15.8. The van der Waals surface area contributed by atoms with Gasteiger partial charge in [0.15, 0.2) is 5.82 Å². The van der Waals surface area contributed by atoms with Crippen molar-refractivity contribution in [1.29, 1.82) is 0 Å². The van der Waals surface area contributed by atoms with Crippen molar-refractivity contribution in [3.8, 4) is 0 Å². The minimum atomic E-state index is 0.314. The number of aromatic nitrogens is 2. The summed E-state index contributed by atoms with van der Waals surface area (Å²) >= 11 is 0. The van der Waals surface area contributed by atoms with Crippen molar-refractivity contribution >= 4 is 10.8 Å². The van der Waals surface area contributed by atoms with Gasteiger partial charge < -0.3 is 9.84 Å². The van der Waals surface area contributed by atoms with E-state index in [4.69, 9.17) is 4.52 Å². The van der Waals surface area contributed by atoms with Crippen LogP contribution in [0.2, 0.25) is 0 Å². The van der Waals surface area contributed by atoms with E-state index in [-0.39, 0.29) is 0 Å². The van der Waals surface area contributed by atoms with Crippen molar-refractivity contribution in [2.24, 2.45) is 0 Å². The van der Waals surface area contributed by atoms with Crippen LogP contribution in [0.1, 0.15) is 75.2 Å². The summed E-state index contributed by atoms with van der Waals surface area (Å²) < 4.78 is 5.52. The fourth-order valence-electron chi connectivity index (χ4n) is 4.08. The van der Waals surface area contributed by atoms with Crippen molar-refractivity contribution in [2.75, 3.05) is 0 Å². The van der Waals surface area contributed by atoms with Gasteiger partial charge in [-0.3, -0.25) is 0 Å². The van der Waals surface area contributed by atoms with Crippen molar-refractivity contribution in [2.45, 2.75) is 64.0 Å². The van der Waals surface area contributed by atoms with Crippen LogP contribution < -0.4 is 5.32 Å². The first-order chi connectivity index (χ1) is 12.6. The van der Waals surface area contributed by atoms with Crippen molar-refractivity contribution in [3.63, 3.8) is 0 Å². The quantitative estimate of drug-likeness (QED) is 0.676. The summed E-state index contributed by atoms with van der Waals surface area (Å²) in [5, 5.41) is 10.6. The molecule has 1 aromatic heterocycles. The molecular weight excluding hydrogens is 322 g/mol. The van der Waals surface area contributed by atoms with Crippen molar-refractivity contribution in [1.82, 2.24) is 15.5 Å². The maximum Gasteiger partial charge on any atom is 0.229 e. The molecule has 1 aliphatic carbocycles. The molecule has 136 valence electrons. The standard InChI is InChI=1S/C22H27N3O/c1-14(2)21-24-22(26-25-21)17-11-12-18(13-17)23-15(3)19-10-6-8-16-7-4-5-9-20(16)19/h4-10,14-15,17-18,23H,11-13H2,1-3H3/t15-,17?,18?/m1/s1. The monoisotopic (exact) mass is 349 g/mol. The Morgan fingerprint density at radius 2 is 1.85 bits per heavy atom. The third kappa shape index (κ3) is 3.38. The van der Waals surface area contributed by atoms with Crippen LogP contribution in [0.4, 0.5) is 0 Å². The van der Waals surface area contributed by atoms with Gasteiger partial charge in [-0.15, -0.1) is 0 Å². The van der Waals surface area contributed by atoms with Gasteiger partial charge in [0.05, 0.1) is 0 Å². The lowest BCUT2D eigenvalue weighted by atomic mass is 9.99. The van der Waals surface area contributed by atoms with Gasteiger partial charge in [-0.05, 0) is 42.5 Å². The number of nitrogens with one attached hydrogen (secondary N) is 1. The third-order valence-electron chi connectivity index (χ3n) is 5.53. The molecule has 0 radical (unpaired) electrons. The number of fused-ring (bicyclic) bond motifs is 1. The second-order valence-corrected chi connectivity index (χ2v) is 7.81. The Bertz CT molecular complexity index is 880.